The number of aromatic nitrogens is 2. The van der Waals surface area contributed by atoms with Crippen LogP contribution in [0.3, 0.4) is 0 Å². The van der Waals surface area contributed by atoms with Crippen LogP contribution in [-0.4, -0.2) is 26.8 Å². The molecule has 1 amide bonds. The molecule has 0 fully saturated rings. The van der Waals surface area contributed by atoms with Gasteiger partial charge < -0.3 is 0 Å². The predicted molar refractivity (Wildman–Crippen MR) is 108 cm³/mol. The normalized spacial score (nSPS) is 10.5. The first-order valence-corrected chi connectivity index (χ1v) is 10.6. The number of hydrogen-bond donors (Lipinski definition) is 1. The minimum absolute atomic E-state index is 0.0261. The molecule has 0 atom stereocenters. The molecule has 0 radical (unpaired) electrons. The van der Waals surface area contributed by atoms with E-state index in [1.807, 2.05) is 30.3 Å². The lowest BCUT2D eigenvalue weighted by atomic mass is 10.2. The molecule has 0 saturated carbocycles. The Morgan fingerprint density at radius 2 is 1.81 bits per heavy atom. The van der Waals surface area contributed by atoms with Crippen molar-refractivity contribution in [1.29, 1.82) is 0 Å². The van der Waals surface area contributed by atoms with E-state index < -0.39 is 4.92 Å². The first-order valence-electron chi connectivity index (χ1n) is 7.77. The Kier molecular flexibility index (Phi) is 6.80. The van der Waals surface area contributed by atoms with Crippen LogP contribution >= 0.6 is 34.9 Å². The van der Waals surface area contributed by atoms with Gasteiger partial charge in [0.25, 0.3) is 5.69 Å². The van der Waals surface area contributed by atoms with Gasteiger partial charge in [-0.25, -0.2) is 0 Å². The number of thioether (sulfide) groups is 2. The Labute approximate surface area is 167 Å². The van der Waals surface area contributed by atoms with Crippen LogP contribution < -0.4 is 5.32 Å². The molecular weight excluding hydrogens is 404 g/mol. The summed E-state index contributed by atoms with van der Waals surface area (Å²) < 4.78 is 0.789. The number of nitrogens with zero attached hydrogens (tertiary/aromatic N) is 3. The fraction of sp³-hybridized carbons (Fsp3) is 0.118. The summed E-state index contributed by atoms with van der Waals surface area (Å²) in [5.74, 6) is 0.776. The monoisotopic (exact) mass is 418 g/mol. The standard InChI is InChI=1S/C17H14N4O3S3/c22-15(11-25-14-8-6-13(7-9-14)21(23)24)18-16-19-20-17(27-16)26-10-12-4-2-1-3-5-12/h1-9H,10-11H2,(H,18,19,22). The van der Waals surface area contributed by atoms with Crippen molar-refractivity contribution in [2.24, 2.45) is 0 Å². The number of anilines is 1. The van der Waals surface area contributed by atoms with Crippen molar-refractivity contribution in [2.45, 2.75) is 15.0 Å². The van der Waals surface area contributed by atoms with E-state index >= 15 is 0 Å². The van der Waals surface area contributed by atoms with E-state index in [1.54, 1.807) is 23.9 Å². The maximum atomic E-state index is 12.0. The number of non-ortho nitro benzene ring substituents is 1. The summed E-state index contributed by atoms with van der Waals surface area (Å²) in [6, 6.07) is 16.1. The quantitative estimate of drug-likeness (QED) is 0.249. The molecule has 2 aromatic carbocycles. The summed E-state index contributed by atoms with van der Waals surface area (Å²) >= 11 is 4.20. The number of rotatable bonds is 8. The molecule has 0 aliphatic heterocycles. The summed E-state index contributed by atoms with van der Waals surface area (Å²) in [6.45, 7) is 0. The highest BCUT2D eigenvalue weighted by molar-refractivity contribution is 8.00. The first-order chi connectivity index (χ1) is 13.1. The van der Waals surface area contributed by atoms with Gasteiger partial charge >= 0.3 is 0 Å². The van der Waals surface area contributed by atoms with Crippen LogP contribution in [0.2, 0.25) is 0 Å². The molecule has 27 heavy (non-hydrogen) atoms. The maximum absolute atomic E-state index is 12.0. The number of nitrogens with one attached hydrogen (secondary N) is 1. The van der Waals surface area contributed by atoms with E-state index in [4.69, 9.17) is 0 Å². The smallest absolute Gasteiger partial charge is 0.269 e. The fourth-order valence-corrected chi connectivity index (χ4v) is 4.43. The lowest BCUT2D eigenvalue weighted by Crippen LogP contribution is -2.13. The van der Waals surface area contributed by atoms with Gasteiger partial charge in [0.15, 0.2) is 4.34 Å². The Morgan fingerprint density at radius 1 is 1.07 bits per heavy atom. The molecule has 0 bridgehead atoms. The zero-order chi connectivity index (χ0) is 19.1. The second kappa shape index (κ2) is 9.49. The van der Waals surface area contributed by atoms with Gasteiger partial charge in [-0.15, -0.1) is 22.0 Å². The molecule has 3 aromatic rings. The van der Waals surface area contributed by atoms with Gasteiger partial charge in [0.1, 0.15) is 0 Å². The topological polar surface area (TPSA) is 98.0 Å². The summed E-state index contributed by atoms with van der Waals surface area (Å²) in [5, 5.41) is 21.9. The van der Waals surface area contributed by atoms with E-state index in [-0.39, 0.29) is 17.3 Å². The molecule has 3 rings (SSSR count). The van der Waals surface area contributed by atoms with Crippen molar-refractivity contribution in [1.82, 2.24) is 10.2 Å². The van der Waals surface area contributed by atoms with Gasteiger partial charge in [-0.1, -0.05) is 53.4 Å². The number of amides is 1. The molecule has 1 aromatic heterocycles. The molecule has 1 N–H and O–H groups in total. The van der Waals surface area contributed by atoms with Crippen molar-refractivity contribution in [3.63, 3.8) is 0 Å². The minimum Gasteiger partial charge on any atom is -0.300 e. The summed E-state index contributed by atoms with van der Waals surface area (Å²) in [5.41, 5.74) is 1.22. The number of benzene rings is 2. The average molecular weight is 419 g/mol. The maximum Gasteiger partial charge on any atom is 0.269 e. The Balaban J connectivity index is 1.45. The lowest BCUT2D eigenvalue weighted by molar-refractivity contribution is -0.384. The second-order valence-electron chi connectivity index (χ2n) is 5.24. The third-order valence-electron chi connectivity index (χ3n) is 3.28. The number of nitro benzene ring substituents is 1. The number of nitro groups is 1. The predicted octanol–water partition coefficient (Wildman–Crippen LogP) is 4.47. The van der Waals surface area contributed by atoms with Gasteiger partial charge in [0, 0.05) is 22.8 Å². The van der Waals surface area contributed by atoms with Crippen LogP contribution in [0.4, 0.5) is 10.8 Å². The van der Waals surface area contributed by atoms with Crippen molar-refractivity contribution >= 4 is 51.6 Å². The molecule has 0 aliphatic rings. The highest BCUT2D eigenvalue weighted by Gasteiger charge is 2.10. The summed E-state index contributed by atoms with van der Waals surface area (Å²) in [6.07, 6.45) is 0. The first kappa shape index (κ1) is 19.3. The highest BCUT2D eigenvalue weighted by Crippen LogP contribution is 2.28. The molecule has 7 nitrogen and oxygen atoms in total. The Hall–Kier alpha value is -2.43. The largest absolute Gasteiger partial charge is 0.300 e. The molecule has 1 heterocycles. The zero-order valence-electron chi connectivity index (χ0n) is 13.9. The molecule has 10 heteroatoms. The van der Waals surface area contributed by atoms with Crippen molar-refractivity contribution in [3.05, 3.63) is 70.3 Å². The Bertz CT molecular complexity index is 917. The average Bonchev–Trinajstić information content (AvgIpc) is 3.13. The molecule has 0 aliphatic carbocycles. The number of carbonyl (C=O) groups is 1. The van der Waals surface area contributed by atoms with Crippen molar-refractivity contribution < 1.29 is 9.72 Å². The van der Waals surface area contributed by atoms with Gasteiger partial charge in [-0.2, -0.15) is 0 Å². The van der Waals surface area contributed by atoms with E-state index in [0.717, 1.165) is 15.0 Å². The molecular formula is C17H14N4O3S3. The Morgan fingerprint density at radius 3 is 2.52 bits per heavy atom. The van der Waals surface area contributed by atoms with Gasteiger partial charge in [0.05, 0.1) is 10.7 Å². The van der Waals surface area contributed by atoms with Crippen LogP contribution in [0.5, 0.6) is 0 Å². The third kappa shape index (κ3) is 6.05. The van der Waals surface area contributed by atoms with E-state index in [9.17, 15) is 14.9 Å². The summed E-state index contributed by atoms with van der Waals surface area (Å²) in [7, 11) is 0. The van der Waals surface area contributed by atoms with Crippen LogP contribution in [0.1, 0.15) is 5.56 Å². The molecule has 0 spiro atoms. The van der Waals surface area contributed by atoms with E-state index in [0.29, 0.717) is 5.13 Å². The van der Waals surface area contributed by atoms with Crippen molar-refractivity contribution in [2.75, 3.05) is 11.1 Å². The lowest BCUT2D eigenvalue weighted by Gasteiger charge is -2.01. The zero-order valence-corrected chi connectivity index (χ0v) is 16.4. The third-order valence-corrected chi connectivity index (χ3v) is 6.33. The van der Waals surface area contributed by atoms with Gasteiger partial charge in [-0.05, 0) is 17.7 Å². The highest BCUT2D eigenvalue weighted by atomic mass is 32.2. The fourth-order valence-electron chi connectivity index (χ4n) is 2.01. The summed E-state index contributed by atoms with van der Waals surface area (Å²) in [4.78, 5) is 23.0. The SMILES string of the molecule is O=C(CSc1ccc([N+](=O)[O-])cc1)Nc1nnc(SCc2ccccc2)s1. The minimum atomic E-state index is -0.454. The van der Waals surface area contributed by atoms with Crippen molar-refractivity contribution in [3.8, 4) is 0 Å². The molecule has 0 saturated heterocycles. The van der Waals surface area contributed by atoms with Crippen LogP contribution in [0.25, 0.3) is 0 Å². The van der Waals surface area contributed by atoms with E-state index in [2.05, 4.69) is 15.5 Å². The van der Waals surface area contributed by atoms with E-state index in [1.165, 1.54) is 40.8 Å². The van der Waals surface area contributed by atoms with Crippen LogP contribution in [-0.2, 0) is 10.5 Å². The van der Waals surface area contributed by atoms with Crippen LogP contribution in [0, 0.1) is 10.1 Å². The second-order valence-corrected chi connectivity index (χ2v) is 8.48. The van der Waals surface area contributed by atoms with Gasteiger partial charge in [-0.3, -0.25) is 20.2 Å². The molecule has 0 unspecified atom stereocenters. The van der Waals surface area contributed by atoms with Crippen LogP contribution in [0.15, 0.2) is 63.8 Å². The number of hydrogen-bond acceptors (Lipinski definition) is 8. The number of carbonyl (C=O) groups excluding carboxylic acids is 1. The molecule has 138 valence electrons. The van der Waals surface area contributed by atoms with Gasteiger partial charge in [0.2, 0.25) is 11.0 Å².